The molecule has 1 aromatic heterocycles. The van der Waals surface area contributed by atoms with Crippen LogP contribution < -0.4 is 16.0 Å². The molecule has 1 aliphatic rings. The van der Waals surface area contributed by atoms with Gasteiger partial charge in [0.2, 0.25) is 5.91 Å². The number of nitrogens with two attached hydrogens (primary N) is 1. The lowest BCUT2D eigenvalue weighted by Gasteiger charge is -2.33. The lowest BCUT2D eigenvalue weighted by atomic mass is 9.98. The van der Waals surface area contributed by atoms with E-state index < -0.39 is 11.9 Å². The number of carboxylic acids is 1. The van der Waals surface area contributed by atoms with Crippen LogP contribution in [0.1, 0.15) is 23.2 Å². The number of amides is 1. The van der Waals surface area contributed by atoms with Crippen molar-refractivity contribution >= 4 is 17.7 Å². The smallest absolute Gasteiger partial charge is 0.317 e. The molecule has 0 spiro atoms. The molecule has 1 aliphatic heterocycles. The van der Waals surface area contributed by atoms with E-state index in [4.69, 9.17) is 10.8 Å². The van der Waals surface area contributed by atoms with Crippen molar-refractivity contribution in [2.45, 2.75) is 12.8 Å². The maximum atomic E-state index is 11.0. The van der Waals surface area contributed by atoms with Gasteiger partial charge in [0.15, 0.2) is 0 Å². The second-order valence-corrected chi connectivity index (χ2v) is 5.25. The molecule has 0 aliphatic carbocycles. The quantitative estimate of drug-likeness (QED) is 0.684. The first-order valence-corrected chi connectivity index (χ1v) is 6.99. The van der Waals surface area contributed by atoms with Crippen molar-refractivity contribution in [2.75, 3.05) is 31.1 Å². The van der Waals surface area contributed by atoms with E-state index in [1.165, 1.54) is 6.20 Å². The van der Waals surface area contributed by atoms with Gasteiger partial charge in [0, 0.05) is 25.8 Å². The normalized spacial score (nSPS) is 18.5. The van der Waals surface area contributed by atoms with Crippen molar-refractivity contribution in [3.8, 4) is 0 Å². The van der Waals surface area contributed by atoms with Crippen LogP contribution >= 0.6 is 0 Å². The summed E-state index contributed by atoms with van der Waals surface area (Å²) in [5.41, 5.74) is 5.59. The first kappa shape index (κ1) is 15.2. The van der Waals surface area contributed by atoms with E-state index in [2.05, 4.69) is 15.2 Å². The minimum absolute atomic E-state index is 0.0118. The van der Waals surface area contributed by atoms with Gasteiger partial charge in [-0.2, -0.15) is 0 Å². The van der Waals surface area contributed by atoms with Crippen molar-refractivity contribution in [1.82, 2.24) is 10.3 Å². The molecular formula is C14H20N4O3. The van der Waals surface area contributed by atoms with E-state index in [1.54, 1.807) is 12.1 Å². The van der Waals surface area contributed by atoms with Gasteiger partial charge < -0.3 is 21.1 Å². The molecule has 2 rings (SSSR count). The summed E-state index contributed by atoms with van der Waals surface area (Å²) in [5.74, 6) is -0.103. The zero-order valence-electron chi connectivity index (χ0n) is 11.8. The summed E-state index contributed by atoms with van der Waals surface area (Å²) in [6.07, 6.45) is 3.60. The van der Waals surface area contributed by atoms with Crippen LogP contribution in [0.4, 0.5) is 5.82 Å². The molecule has 7 heteroatoms. The van der Waals surface area contributed by atoms with Crippen molar-refractivity contribution in [3.63, 3.8) is 0 Å². The molecule has 21 heavy (non-hydrogen) atoms. The average Bonchev–Trinajstić information content (AvgIpc) is 2.47. The minimum Gasteiger partial charge on any atom is -0.480 e. The zero-order chi connectivity index (χ0) is 15.2. The number of piperidine rings is 1. The number of pyridine rings is 1. The third-order valence-electron chi connectivity index (χ3n) is 3.58. The Morgan fingerprint density at radius 3 is 2.90 bits per heavy atom. The van der Waals surface area contributed by atoms with Crippen LogP contribution in [0.2, 0.25) is 0 Å². The van der Waals surface area contributed by atoms with E-state index in [-0.39, 0.29) is 6.54 Å². The number of hydrogen-bond donors (Lipinski definition) is 3. The number of hydrogen-bond acceptors (Lipinski definition) is 5. The number of carboxylic acid groups (broad SMARTS) is 1. The number of aliphatic carboxylic acids is 1. The van der Waals surface area contributed by atoms with E-state index in [0.29, 0.717) is 18.0 Å². The van der Waals surface area contributed by atoms with Crippen molar-refractivity contribution in [2.24, 2.45) is 11.7 Å². The number of carbonyl (C=O) groups is 2. The first-order chi connectivity index (χ1) is 10.1. The Hall–Kier alpha value is -2.15. The summed E-state index contributed by atoms with van der Waals surface area (Å²) in [7, 11) is 0. The highest BCUT2D eigenvalue weighted by atomic mass is 16.4. The molecular weight excluding hydrogens is 272 g/mol. The first-order valence-electron chi connectivity index (χ1n) is 6.99. The largest absolute Gasteiger partial charge is 0.480 e. The van der Waals surface area contributed by atoms with Crippen molar-refractivity contribution < 1.29 is 14.7 Å². The predicted octanol–water partition coefficient (Wildman–Crippen LogP) is 0.0711. The summed E-state index contributed by atoms with van der Waals surface area (Å²) >= 11 is 0. The summed E-state index contributed by atoms with van der Waals surface area (Å²) in [6, 6.07) is 3.48. The van der Waals surface area contributed by atoms with Crippen molar-refractivity contribution in [3.05, 3.63) is 23.9 Å². The molecule has 7 nitrogen and oxygen atoms in total. The standard InChI is InChI=1S/C14H20N4O3/c15-14(21)11-3-4-12(17-7-11)18-5-1-2-10(9-18)6-16-8-13(19)20/h3-4,7,10,16H,1-2,5-6,8-9H2,(H2,15,21)(H,19,20). The highest BCUT2D eigenvalue weighted by molar-refractivity contribution is 5.92. The highest BCUT2D eigenvalue weighted by Gasteiger charge is 2.21. The lowest BCUT2D eigenvalue weighted by molar-refractivity contribution is -0.136. The number of carbonyl (C=O) groups excluding carboxylic acids is 1. The molecule has 4 N–H and O–H groups in total. The molecule has 0 saturated carbocycles. The summed E-state index contributed by atoms with van der Waals surface area (Å²) < 4.78 is 0. The molecule has 1 amide bonds. The number of nitrogens with zero attached hydrogens (tertiary/aromatic N) is 2. The van der Waals surface area contributed by atoms with Gasteiger partial charge in [-0.25, -0.2) is 4.98 Å². The Morgan fingerprint density at radius 1 is 1.48 bits per heavy atom. The third kappa shape index (κ3) is 4.42. The molecule has 1 atom stereocenters. The van der Waals surface area contributed by atoms with Crippen LogP contribution in [0.5, 0.6) is 0 Å². The molecule has 0 radical (unpaired) electrons. The SMILES string of the molecule is NC(=O)c1ccc(N2CCCC(CNCC(=O)O)C2)nc1. The van der Waals surface area contributed by atoms with E-state index in [0.717, 1.165) is 31.7 Å². The van der Waals surface area contributed by atoms with Crippen LogP contribution in [0.25, 0.3) is 0 Å². The molecule has 114 valence electrons. The average molecular weight is 292 g/mol. The molecule has 0 aromatic carbocycles. The van der Waals surface area contributed by atoms with Gasteiger partial charge in [0.1, 0.15) is 5.82 Å². The Labute approximate surface area is 123 Å². The highest BCUT2D eigenvalue weighted by Crippen LogP contribution is 2.21. The summed E-state index contributed by atoms with van der Waals surface area (Å²) in [6.45, 7) is 2.41. The van der Waals surface area contributed by atoms with Crippen LogP contribution in [0.3, 0.4) is 0 Å². The Kier molecular flexibility index (Phi) is 5.10. The Morgan fingerprint density at radius 2 is 2.29 bits per heavy atom. The van der Waals surface area contributed by atoms with E-state index in [1.807, 2.05) is 0 Å². The Balaban J connectivity index is 1.90. The van der Waals surface area contributed by atoms with Gasteiger partial charge in [-0.1, -0.05) is 0 Å². The van der Waals surface area contributed by atoms with Gasteiger partial charge in [-0.15, -0.1) is 0 Å². The monoisotopic (exact) mass is 292 g/mol. The molecule has 1 aromatic rings. The van der Waals surface area contributed by atoms with E-state index >= 15 is 0 Å². The molecule has 1 fully saturated rings. The fourth-order valence-corrected chi connectivity index (χ4v) is 2.54. The maximum Gasteiger partial charge on any atom is 0.317 e. The number of anilines is 1. The number of nitrogens with one attached hydrogen (secondary N) is 1. The van der Waals surface area contributed by atoms with Gasteiger partial charge in [-0.3, -0.25) is 9.59 Å². The van der Waals surface area contributed by atoms with Crippen molar-refractivity contribution in [1.29, 1.82) is 0 Å². The third-order valence-corrected chi connectivity index (χ3v) is 3.58. The number of rotatable bonds is 6. The predicted molar refractivity (Wildman–Crippen MR) is 78.2 cm³/mol. The van der Waals surface area contributed by atoms with Gasteiger partial charge >= 0.3 is 5.97 Å². The zero-order valence-corrected chi connectivity index (χ0v) is 11.8. The summed E-state index contributed by atoms with van der Waals surface area (Å²) in [5, 5.41) is 11.6. The van der Waals surface area contributed by atoms with Gasteiger partial charge in [-0.05, 0) is 30.9 Å². The lowest BCUT2D eigenvalue weighted by Crippen LogP contribution is -2.41. The summed E-state index contributed by atoms with van der Waals surface area (Å²) in [4.78, 5) is 28.0. The van der Waals surface area contributed by atoms with Crippen LogP contribution in [0.15, 0.2) is 18.3 Å². The second-order valence-electron chi connectivity index (χ2n) is 5.25. The van der Waals surface area contributed by atoms with Crippen LogP contribution in [-0.4, -0.2) is 48.1 Å². The maximum absolute atomic E-state index is 11.0. The topological polar surface area (TPSA) is 109 Å². The number of primary amides is 1. The van der Waals surface area contributed by atoms with Crippen LogP contribution in [-0.2, 0) is 4.79 Å². The fraction of sp³-hybridized carbons (Fsp3) is 0.500. The van der Waals surface area contributed by atoms with Gasteiger partial charge in [0.05, 0.1) is 12.1 Å². The molecule has 1 unspecified atom stereocenters. The number of aromatic nitrogens is 1. The fourth-order valence-electron chi connectivity index (χ4n) is 2.54. The Bertz CT molecular complexity index is 503. The molecule has 0 bridgehead atoms. The van der Waals surface area contributed by atoms with Gasteiger partial charge in [0.25, 0.3) is 0 Å². The molecule has 1 saturated heterocycles. The molecule has 2 heterocycles. The second kappa shape index (κ2) is 7.03. The minimum atomic E-state index is -0.841. The van der Waals surface area contributed by atoms with Crippen LogP contribution in [0, 0.1) is 5.92 Å². The van der Waals surface area contributed by atoms with E-state index in [9.17, 15) is 9.59 Å².